The Morgan fingerprint density at radius 2 is 1.52 bits per heavy atom. The number of rotatable bonds is 5. The number of amides is 1. The molecular formula is C25H29N3O. The molecule has 2 aromatic carbocycles. The second kappa shape index (κ2) is 6.94. The lowest BCUT2D eigenvalue weighted by Crippen LogP contribution is -2.48. The topological polar surface area (TPSA) is 81.1 Å². The number of nitrogen functional groups attached to an aromatic ring is 1. The first-order valence-corrected chi connectivity index (χ1v) is 10.7. The van der Waals surface area contributed by atoms with Crippen LogP contribution in [0.15, 0.2) is 48.5 Å². The summed E-state index contributed by atoms with van der Waals surface area (Å²) in [6.45, 7) is 0. The van der Waals surface area contributed by atoms with Gasteiger partial charge < -0.3 is 16.8 Å². The van der Waals surface area contributed by atoms with Gasteiger partial charge in [-0.25, -0.2) is 0 Å². The molecule has 4 heteroatoms. The van der Waals surface area contributed by atoms with Crippen LogP contribution in [0.1, 0.15) is 49.7 Å². The monoisotopic (exact) mass is 387 g/mol. The molecule has 0 saturated heterocycles. The summed E-state index contributed by atoms with van der Waals surface area (Å²) in [6, 6.07) is 14.4. The van der Waals surface area contributed by atoms with Crippen molar-refractivity contribution >= 4 is 29.0 Å². The van der Waals surface area contributed by atoms with E-state index in [4.69, 9.17) is 11.5 Å². The summed E-state index contributed by atoms with van der Waals surface area (Å²) >= 11 is 0. The van der Waals surface area contributed by atoms with Crippen molar-refractivity contribution in [2.75, 3.05) is 11.1 Å². The van der Waals surface area contributed by atoms with Crippen molar-refractivity contribution in [3.05, 3.63) is 59.7 Å². The van der Waals surface area contributed by atoms with Gasteiger partial charge in [-0.2, -0.15) is 0 Å². The standard InChI is InChI=1S/C25H29N3O/c26-23-7-6-21(28-20-4-1-16(2-5-20)3-8-24(27)29)12-22(23)25-13-17-9-18(14-25)11-19(10-17)15-25/h1-8,12,17-19,28H,9-11,13-15,26H2,(H2,27,29)/b8-3+. The van der Waals surface area contributed by atoms with E-state index in [1.54, 1.807) is 6.08 Å². The number of benzene rings is 2. The molecule has 4 nitrogen and oxygen atoms in total. The lowest BCUT2D eigenvalue weighted by atomic mass is 9.48. The van der Waals surface area contributed by atoms with Crippen molar-refractivity contribution in [3.8, 4) is 0 Å². The van der Waals surface area contributed by atoms with Crippen LogP contribution < -0.4 is 16.8 Å². The molecule has 0 unspecified atom stereocenters. The fraction of sp³-hybridized carbons (Fsp3) is 0.400. The first kappa shape index (κ1) is 18.3. The third-order valence-corrected chi connectivity index (χ3v) is 7.30. The van der Waals surface area contributed by atoms with Crippen molar-refractivity contribution in [1.29, 1.82) is 0 Å². The number of hydrogen-bond acceptors (Lipinski definition) is 3. The Morgan fingerprint density at radius 1 is 0.931 bits per heavy atom. The second-order valence-corrected chi connectivity index (χ2v) is 9.48. The van der Waals surface area contributed by atoms with Gasteiger partial charge in [0.15, 0.2) is 0 Å². The highest BCUT2D eigenvalue weighted by atomic mass is 16.1. The Bertz CT molecular complexity index is 925. The molecule has 4 aliphatic carbocycles. The number of primary amides is 1. The van der Waals surface area contributed by atoms with Crippen LogP contribution in [0, 0.1) is 17.8 Å². The van der Waals surface area contributed by atoms with Gasteiger partial charge in [-0.1, -0.05) is 12.1 Å². The number of nitrogens with one attached hydrogen (secondary N) is 1. The number of anilines is 3. The quantitative estimate of drug-likeness (QED) is 0.500. The minimum absolute atomic E-state index is 0.292. The van der Waals surface area contributed by atoms with E-state index in [9.17, 15) is 4.79 Å². The van der Waals surface area contributed by atoms with Gasteiger partial charge in [0.05, 0.1) is 0 Å². The van der Waals surface area contributed by atoms with E-state index in [0.717, 1.165) is 40.4 Å². The molecule has 0 spiro atoms. The number of carbonyl (C=O) groups excluding carboxylic acids is 1. The van der Waals surface area contributed by atoms with Crippen LogP contribution in [0.4, 0.5) is 17.1 Å². The molecule has 0 atom stereocenters. The predicted molar refractivity (Wildman–Crippen MR) is 119 cm³/mol. The normalized spacial score (nSPS) is 30.0. The summed E-state index contributed by atoms with van der Waals surface area (Å²) in [5, 5.41) is 3.52. The molecule has 29 heavy (non-hydrogen) atoms. The zero-order chi connectivity index (χ0) is 20.0. The maximum atomic E-state index is 10.9. The molecule has 4 fully saturated rings. The second-order valence-electron chi connectivity index (χ2n) is 9.48. The highest BCUT2D eigenvalue weighted by molar-refractivity contribution is 5.90. The summed E-state index contributed by atoms with van der Waals surface area (Å²) in [4.78, 5) is 10.9. The molecule has 1 amide bonds. The molecule has 4 saturated carbocycles. The molecule has 0 radical (unpaired) electrons. The summed E-state index contributed by atoms with van der Waals surface area (Å²) in [5.41, 5.74) is 17.3. The molecule has 2 aromatic rings. The van der Waals surface area contributed by atoms with E-state index in [1.165, 1.54) is 50.2 Å². The Kier molecular flexibility index (Phi) is 4.38. The highest BCUT2D eigenvalue weighted by Crippen LogP contribution is 2.61. The van der Waals surface area contributed by atoms with Crippen LogP contribution >= 0.6 is 0 Å². The molecular weight excluding hydrogens is 358 g/mol. The highest BCUT2D eigenvalue weighted by Gasteiger charge is 2.52. The average Bonchev–Trinajstić information content (AvgIpc) is 2.68. The van der Waals surface area contributed by atoms with Crippen molar-refractivity contribution < 1.29 is 4.79 Å². The van der Waals surface area contributed by atoms with Crippen LogP contribution in [-0.4, -0.2) is 5.91 Å². The van der Waals surface area contributed by atoms with E-state index in [0.29, 0.717) is 5.41 Å². The zero-order valence-corrected chi connectivity index (χ0v) is 16.7. The number of hydrogen-bond donors (Lipinski definition) is 3. The largest absolute Gasteiger partial charge is 0.398 e. The lowest BCUT2D eigenvalue weighted by molar-refractivity contribution is -0.113. The van der Waals surface area contributed by atoms with Crippen molar-refractivity contribution in [2.24, 2.45) is 23.5 Å². The van der Waals surface area contributed by atoms with Gasteiger partial charge in [-0.15, -0.1) is 0 Å². The molecule has 0 aliphatic heterocycles. The smallest absolute Gasteiger partial charge is 0.241 e. The minimum Gasteiger partial charge on any atom is -0.398 e. The fourth-order valence-corrected chi connectivity index (χ4v) is 6.56. The van der Waals surface area contributed by atoms with Crippen LogP contribution in [0.5, 0.6) is 0 Å². The van der Waals surface area contributed by atoms with Crippen LogP contribution in [-0.2, 0) is 10.2 Å². The van der Waals surface area contributed by atoms with Gasteiger partial charge in [-0.3, -0.25) is 4.79 Å². The van der Waals surface area contributed by atoms with Crippen LogP contribution in [0.25, 0.3) is 6.08 Å². The maximum absolute atomic E-state index is 10.9. The van der Waals surface area contributed by atoms with Crippen LogP contribution in [0.2, 0.25) is 0 Å². The average molecular weight is 388 g/mol. The third kappa shape index (κ3) is 3.52. The van der Waals surface area contributed by atoms with Gasteiger partial charge >= 0.3 is 0 Å². The van der Waals surface area contributed by atoms with Gasteiger partial charge in [-0.05, 0) is 109 Å². The van der Waals surface area contributed by atoms with Gasteiger partial charge in [0.1, 0.15) is 0 Å². The Hall–Kier alpha value is -2.75. The van der Waals surface area contributed by atoms with Gasteiger partial charge in [0.2, 0.25) is 5.91 Å². The van der Waals surface area contributed by atoms with E-state index in [1.807, 2.05) is 24.3 Å². The molecule has 150 valence electrons. The van der Waals surface area contributed by atoms with E-state index in [2.05, 4.69) is 23.5 Å². The summed E-state index contributed by atoms with van der Waals surface area (Å²) < 4.78 is 0. The molecule has 6 rings (SSSR count). The summed E-state index contributed by atoms with van der Waals surface area (Å²) in [5.74, 6) is 2.26. The Morgan fingerprint density at radius 3 is 2.10 bits per heavy atom. The van der Waals surface area contributed by atoms with Gasteiger partial charge in [0, 0.05) is 23.1 Å². The van der Waals surface area contributed by atoms with Crippen molar-refractivity contribution in [3.63, 3.8) is 0 Å². The van der Waals surface area contributed by atoms with E-state index >= 15 is 0 Å². The number of nitrogens with two attached hydrogens (primary N) is 2. The van der Waals surface area contributed by atoms with Crippen LogP contribution in [0.3, 0.4) is 0 Å². The molecule has 0 aromatic heterocycles. The fourth-order valence-electron chi connectivity index (χ4n) is 6.56. The van der Waals surface area contributed by atoms with Crippen molar-refractivity contribution in [2.45, 2.75) is 43.9 Å². The molecule has 5 N–H and O–H groups in total. The third-order valence-electron chi connectivity index (χ3n) is 7.30. The zero-order valence-electron chi connectivity index (χ0n) is 16.7. The lowest BCUT2D eigenvalue weighted by Gasteiger charge is -2.57. The van der Waals surface area contributed by atoms with Gasteiger partial charge in [0.25, 0.3) is 0 Å². The predicted octanol–water partition coefficient (Wildman–Crippen LogP) is 4.98. The first-order chi connectivity index (χ1) is 14.0. The Balaban J connectivity index is 1.38. The molecule has 4 aliphatic rings. The maximum Gasteiger partial charge on any atom is 0.241 e. The number of carbonyl (C=O) groups is 1. The molecule has 0 heterocycles. The Labute approximate surface area is 172 Å². The van der Waals surface area contributed by atoms with E-state index in [-0.39, 0.29) is 0 Å². The first-order valence-electron chi connectivity index (χ1n) is 10.7. The molecule has 4 bridgehead atoms. The summed E-state index contributed by atoms with van der Waals surface area (Å²) in [7, 11) is 0. The van der Waals surface area contributed by atoms with Crippen molar-refractivity contribution in [1.82, 2.24) is 0 Å². The minimum atomic E-state index is -0.439. The van der Waals surface area contributed by atoms with E-state index < -0.39 is 5.91 Å². The SMILES string of the molecule is NC(=O)/C=C/c1ccc(Nc2ccc(N)c(C34CC5CC(CC(C5)C3)C4)c2)cc1. The summed E-state index contributed by atoms with van der Waals surface area (Å²) in [6.07, 6.45) is 11.4.